The monoisotopic (exact) mass is 244 g/mol. The Morgan fingerprint density at radius 3 is 2.35 bits per heavy atom. The van der Waals surface area contributed by atoms with E-state index in [0.717, 1.165) is 0 Å². The average Bonchev–Trinajstić information content (AvgIpc) is 2.19. The van der Waals surface area contributed by atoms with Gasteiger partial charge >= 0.3 is 11.9 Å². The molecule has 0 amide bonds. The van der Waals surface area contributed by atoms with Crippen molar-refractivity contribution in [3.05, 3.63) is 0 Å². The Bertz CT molecular complexity index is 300. The van der Waals surface area contributed by atoms with E-state index < -0.39 is 17.6 Å². The van der Waals surface area contributed by atoms with Crippen LogP contribution >= 0.6 is 0 Å². The topological polar surface area (TPSA) is 87.7 Å². The molecular weight excluding hydrogens is 224 g/mol. The minimum Gasteiger partial charge on any atom is -0.481 e. The van der Waals surface area contributed by atoms with E-state index in [0.29, 0.717) is 13.1 Å². The zero-order chi connectivity index (χ0) is 13.1. The molecule has 0 spiro atoms. The molecule has 1 rings (SSSR count). The molecule has 1 unspecified atom stereocenters. The quantitative estimate of drug-likeness (QED) is 0.551. The molecule has 1 aliphatic rings. The van der Waals surface area contributed by atoms with Crippen LogP contribution in [0.5, 0.6) is 0 Å². The van der Waals surface area contributed by atoms with Crippen molar-refractivity contribution in [2.24, 2.45) is 5.92 Å². The summed E-state index contributed by atoms with van der Waals surface area (Å²) < 4.78 is 4.72. The van der Waals surface area contributed by atoms with Crippen LogP contribution in [0.25, 0.3) is 0 Å². The number of carboxylic acids is 1. The molecule has 17 heavy (non-hydrogen) atoms. The van der Waals surface area contributed by atoms with Gasteiger partial charge in [-0.15, -0.1) is 0 Å². The van der Waals surface area contributed by atoms with Gasteiger partial charge in [0.2, 0.25) is 0 Å². The molecule has 0 radical (unpaired) electrons. The molecule has 0 bridgehead atoms. The Kier molecular flexibility index (Phi) is 4.47. The van der Waals surface area contributed by atoms with Crippen LogP contribution in [0.2, 0.25) is 0 Å². The fourth-order valence-electron chi connectivity index (χ4n) is 1.95. The zero-order valence-electron chi connectivity index (χ0n) is 10.4. The van der Waals surface area contributed by atoms with Gasteiger partial charge in [-0.1, -0.05) is 13.8 Å². The van der Waals surface area contributed by atoms with Gasteiger partial charge in [0.15, 0.2) is 0 Å². The summed E-state index contributed by atoms with van der Waals surface area (Å²) in [7, 11) is 1.34. The molecule has 6 nitrogen and oxygen atoms in total. The standard InChI is InChI=1S/C11H20N2O4/c1-7(2)9(10(16)17-3)13-11(4-8(14)15)5-12-6-11/h7,9,12-13H,4-6H2,1-3H3,(H,14,15). The first kappa shape index (κ1) is 13.9. The molecular formula is C11H20N2O4. The third-order valence-corrected chi connectivity index (χ3v) is 3.00. The van der Waals surface area contributed by atoms with Crippen LogP contribution < -0.4 is 10.6 Å². The van der Waals surface area contributed by atoms with E-state index >= 15 is 0 Å². The second kappa shape index (κ2) is 5.46. The van der Waals surface area contributed by atoms with Gasteiger partial charge in [0.05, 0.1) is 19.1 Å². The second-order valence-electron chi connectivity index (χ2n) is 4.84. The van der Waals surface area contributed by atoms with Gasteiger partial charge < -0.3 is 15.2 Å². The van der Waals surface area contributed by atoms with Crippen molar-refractivity contribution < 1.29 is 19.4 Å². The van der Waals surface area contributed by atoms with Gasteiger partial charge in [0.25, 0.3) is 0 Å². The van der Waals surface area contributed by atoms with Gasteiger partial charge in [-0.3, -0.25) is 14.9 Å². The first-order valence-corrected chi connectivity index (χ1v) is 5.68. The predicted molar refractivity (Wildman–Crippen MR) is 61.6 cm³/mol. The van der Waals surface area contributed by atoms with Crippen molar-refractivity contribution in [3.8, 4) is 0 Å². The van der Waals surface area contributed by atoms with Crippen molar-refractivity contribution in [2.75, 3.05) is 20.2 Å². The molecule has 0 saturated carbocycles. The number of hydrogen-bond acceptors (Lipinski definition) is 5. The number of hydrogen-bond donors (Lipinski definition) is 3. The Hall–Kier alpha value is -1.14. The van der Waals surface area contributed by atoms with E-state index in [1.807, 2.05) is 13.8 Å². The summed E-state index contributed by atoms with van der Waals surface area (Å²) >= 11 is 0. The maximum absolute atomic E-state index is 11.6. The highest BCUT2D eigenvalue weighted by molar-refractivity contribution is 5.76. The maximum atomic E-state index is 11.6. The van der Waals surface area contributed by atoms with E-state index in [4.69, 9.17) is 9.84 Å². The molecule has 0 aromatic carbocycles. The van der Waals surface area contributed by atoms with Crippen LogP contribution in [-0.2, 0) is 14.3 Å². The van der Waals surface area contributed by atoms with E-state index in [-0.39, 0.29) is 18.3 Å². The lowest BCUT2D eigenvalue weighted by atomic mass is 9.86. The number of methoxy groups -OCH3 is 1. The molecule has 1 aliphatic heterocycles. The Labute approximate surface area is 101 Å². The lowest BCUT2D eigenvalue weighted by molar-refractivity contribution is -0.147. The lowest BCUT2D eigenvalue weighted by Crippen LogP contribution is -2.71. The molecule has 3 N–H and O–H groups in total. The van der Waals surface area contributed by atoms with E-state index in [1.54, 1.807) is 0 Å². The van der Waals surface area contributed by atoms with Gasteiger partial charge in [-0.25, -0.2) is 0 Å². The van der Waals surface area contributed by atoms with Crippen LogP contribution in [0.4, 0.5) is 0 Å². The molecule has 0 aromatic heterocycles. The summed E-state index contributed by atoms with van der Waals surface area (Å²) in [5, 5.41) is 15.0. The van der Waals surface area contributed by atoms with Crippen LogP contribution in [0.1, 0.15) is 20.3 Å². The third-order valence-electron chi connectivity index (χ3n) is 3.00. The largest absolute Gasteiger partial charge is 0.481 e. The number of nitrogens with one attached hydrogen (secondary N) is 2. The zero-order valence-corrected chi connectivity index (χ0v) is 10.4. The van der Waals surface area contributed by atoms with Crippen molar-refractivity contribution in [1.29, 1.82) is 0 Å². The van der Waals surface area contributed by atoms with Gasteiger partial charge in [-0.05, 0) is 5.92 Å². The molecule has 1 atom stereocenters. The van der Waals surface area contributed by atoms with Gasteiger partial charge in [0, 0.05) is 13.1 Å². The molecule has 0 aliphatic carbocycles. The highest BCUT2D eigenvalue weighted by Crippen LogP contribution is 2.19. The van der Waals surface area contributed by atoms with Crippen molar-refractivity contribution in [3.63, 3.8) is 0 Å². The van der Waals surface area contributed by atoms with Crippen LogP contribution in [0.3, 0.4) is 0 Å². The minimum absolute atomic E-state index is 0.000213. The number of carboxylic acid groups (broad SMARTS) is 1. The van der Waals surface area contributed by atoms with E-state index in [1.165, 1.54) is 7.11 Å². The molecule has 98 valence electrons. The summed E-state index contributed by atoms with van der Waals surface area (Å²) in [6.07, 6.45) is 0.000213. The second-order valence-corrected chi connectivity index (χ2v) is 4.84. The Morgan fingerprint density at radius 1 is 1.47 bits per heavy atom. The lowest BCUT2D eigenvalue weighted by Gasteiger charge is -2.45. The summed E-state index contributed by atoms with van der Waals surface area (Å²) in [6, 6.07) is -0.471. The fraction of sp³-hybridized carbons (Fsp3) is 0.818. The SMILES string of the molecule is COC(=O)C(NC1(CC(=O)O)CNC1)C(C)C. The van der Waals surface area contributed by atoms with Crippen molar-refractivity contribution in [2.45, 2.75) is 31.8 Å². The number of carbonyl (C=O) groups is 2. The van der Waals surface area contributed by atoms with Crippen LogP contribution in [-0.4, -0.2) is 48.8 Å². The van der Waals surface area contributed by atoms with Gasteiger partial charge in [0.1, 0.15) is 6.04 Å². The number of aliphatic carboxylic acids is 1. The van der Waals surface area contributed by atoms with E-state index in [2.05, 4.69) is 10.6 Å². The number of carbonyl (C=O) groups excluding carboxylic acids is 1. The smallest absolute Gasteiger partial charge is 0.323 e. The molecule has 1 heterocycles. The Morgan fingerprint density at radius 2 is 2.06 bits per heavy atom. The number of rotatable bonds is 6. The summed E-state index contributed by atoms with van der Waals surface area (Å²) in [5.74, 6) is -1.17. The van der Waals surface area contributed by atoms with Crippen LogP contribution in [0, 0.1) is 5.92 Å². The molecule has 6 heteroatoms. The highest BCUT2D eigenvalue weighted by Gasteiger charge is 2.42. The van der Waals surface area contributed by atoms with Gasteiger partial charge in [-0.2, -0.15) is 0 Å². The third kappa shape index (κ3) is 3.41. The van der Waals surface area contributed by atoms with Crippen molar-refractivity contribution >= 4 is 11.9 Å². The molecule has 1 fully saturated rings. The Balaban J connectivity index is 2.70. The highest BCUT2D eigenvalue weighted by atomic mass is 16.5. The summed E-state index contributed by atoms with van der Waals surface area (Å²) in [4.78, 5) is 22.4. The van der Waals surface area contributed by atoms with Crippen molar-refractivity contribution in [1.82, 2.24) is 10.6 Å². The van der Waals surface area contributed by atoms with Crippen LogP contribution in [0.15, 0.2) is 0 Å². The first-order chi connectivity index (χ1) is 7.90. The van der Waals surface area contributed by atoms with E-state index in [9.17, 15) is 9.59 Å². The first-order valence-electron chi connectivity index (χ1n) is 5.68. The minimum atomic E-state index is -0.869. The predicted octanol–water partition coefficient (Wildman–Crippen LogP) is -0.410. The number of esters is 1. The normalized spacial score (nSPS) is 19.5. The fourth-order valence-corrected chi connectivity index (χ4v) is 1.95. The average molecular weight is 244 g/mol. The number of ether oxygens (including phenoxy) is 1. The molecule has 1 saturated heterocycles. The summed E-state index contributed by atoms with van der Waals surface area (Å²) in [6.45, 7) is 4.91. The maximum Gasteiger partial charge on any atom is 0.323 e. The summed E-state index contributed by atoms with van der Waals surface area (Å²) in [5.41, 5.74) is -0.533. The molecule has 0 aromatic rings.